The SMILES string of the molecule is COCCOCCCNC(=O)c1cccc(S(=O)(=O)Nc2ccc(Cl)c3c(Cl)c[nH]c23)c1F. The first-order valence-corrected chi connectivity index (χ1v) is 12.1. The highest BCUT2D eigenvalue weighted by atomic mass is 35.5. The summed E-state index contributed by atoms with van der Waals surface area (Å²) in [5.41, 5.74) is 0.0875. The van der Waals surface area contributed by atoms with Crippen LogP contribution >= 0.6 is 23.2 Å². The zero-order valence-corrected chi connectivity index (χ0v) is 19.9. The number of sulfonamides is 1. The Labute approximate surface area is 200 Å². The number of amides is 1. The third kappa shape index (κ3) is 5.96. The Morgan fingerprint density at radius 3 is 2.67 bits per heavy atom. The molecule has 8 nitrogen and oxygen atoms in total. The van der Waals surface area contributed by atoms with Gasteiger partial charge in [0.05, 0.1) is 40.0 Å². The van der Waals surface area contributed by atoms with Gasteiger partial charge < -0.3 is 19.8 Å². The maximum absolute atomic E-state index is 15.0. The van der Waals surface area contributed by atoms with Crippen molar-refractivity contribution in [2.45, 2.75) is 11.3 Å². The number of H-pyrrole nitrogens is 1. The van der Waals surface area contributed by atoms with Crippen molar-refractivity contribution in [2.24, 2.45) is 0 Å². The smallest absolute Gasteiger partial charge is 0.264 e. The Bertz CT molecular complexity index is 1250. The lowest BCUT2D eigenvalue weighted by Crippen LogP contribution is -2.27. The molecule has 1 amide bonds. The Hall–Kier alpha value is -2.37. The minimum Gasteiger partial charge on any atom is -0.382 e. The molecule has 0 unspecified atom stereocenters. The van der Waals surface area contributed by atoms with Crippen LogP contribution in [0.15, 0.2) is 41.4 Å². The van der Waals surface area contributed by atoms with E-state index < -0.39 is 26.6 Å². The molecule has 3 N–H and O–H groups in total. The Morgan fingerprint density at radius 1 is 1.12 bits per heavy atom. The van der Waals surface area contributed by atoms with Crippen LogP contribution in [0, 0.1) is 5.82 Å². The first kappa shape index (κ1) is 25.3. The zero-order chi connectivity index (χ0) is 24.0. The van der Waals surface area contributed by atoms with Gasteiger partial charge in [-0.2, -0.15) is 0 Å². The number of carbonyl (C=O) groups is 1. The highest BCUT2D eigenvalue weighted by Crippen LogP contribution is 2.35. The van der Waals surface area contributed by atoms with Crippen molar-refractivity contribution in [1.82, 2.24) is 10.3 Å². The summed E-state index contributed by atoms with van der Waals surface area (Å²) in [6.07, 6.45) is 1.96. The number of rotatable bonds is 11. The van der Waals surface area contributed by atoms with E-state index in [1.807, 2.05) is 0 Å². The fourth-order valence-electron chi connectivity index (χ4n) is 3.06. The van der Waals surface area contributed by atoms with E-state index in [0.29, 0.717) is 47.2 Å². The molecule has 0 aliphatic carbocycles. The minimum atomic E-state index is -4.38. The molecule has 0 spiro atoms. The van der Waals surface area contributed by atoms with Gasteiger partial charge in [0.1, 0.15) is 4.90 Å². The van der Waals surface area contributed by atoms with Crippen molar-refractivity contribution in [1.29, 1.82) is 0 Å². The number of anilines is 1. The van der Waals surface area contributed by atoms with Crippen LogP contribution in [0.5, 0.6) is 0 Å². The van der Waals surface area contributed by atoms with E-state index >= 15 is 4.39 Å². The van der Waals surface area contributed by atoms with Crippen molar-refractivity contribution in [3.05, 3.63) is 58.0 Å². The van der Waals surface area contributed by atoms with Crippen LogP contribution in [0.2, 0.25) is 10.0 Å². The predicted octanol–water partition coefficient (Wildman–Crippen LogP) is 4.20. The summed E-state index contributed by atoms with van der Waals surface area (Å²) in [4.78, 5) is 14.6. The molecule has 178 valence electrons. The van der Waals surface area contributed by atoms with Gasteiger partial charge in [0.25, 0.3) is 15.9 Å². The fraction of sp³-hybridized carbons (Fsp3) is 0.286. The summed E-state index contributed by atoms with van der Waals surface area (Å²) >= 11 is 12.2. The number of hydrogen-bond donors (Lipinski definition) is 3. The molecule has 0 radical (unpaired) electrons. The molecule has 0 saturated carbocycles. The van der Waals surface area contributed by atoms with E-state index in [-0.39, 0.29) is 17.8 Å². The number of halogens is 3. The van der Waals surface area contributed by atoms with Crippen LogP contribution in [0.3, 0.4) is 0 Å². The summed E-state index contributed by atoms with van der Waals surface area (Å²) in [5, 5.41) is 3.62. The molecule has 3 aromatic rings. The van der Waals surface area contributed by atoms with E-state index in [1.165, 1.54) is 30.5 Å². The standard InChI is InChI=1S/C21H22Cl2FN3O5S/c1-31-10-11-32-9-3-8-25-21(28)13-4-2-5-17(19(13)24)33(29,30)27-16-7-6-14(22)18-15(23)12-26-20(16)18/h2,4-7,12,26-27H,3,8-11H2,1H3,(H,25,28). The number of fused-ring (bicyclic) bond motifs is 1. The van der Waals surface area contributed by atoms with Gasteiger partial charge in [0, 0.05) is 31.8 Å². The van der Waals surface area contributed by atoms with Gasteiger partial charge in [-0.05, 0) is 30.7 Å². The summed E-state index contributed by atoms with van der Waals surface area (Å²) in [5.74, 6) is -1.89. The van der Waals surface area contributed by atoms with Gasteiger partial charge in [-0.25, -0.2) is 12.8 Å². The molecule has 2 aromatic carbocycles. The second kappa shape index (κ2) is 11.2. The molecule has 33 heavy (non-hydrogen) atoms. The number of carbonyl (C=O) groups excluding carboxylic acids is 1. The van der Waals surface area contributed by atoms with Gasteiger partial charge >= 0.3 is 0 Å². The largest absolute Gasteiger partial charge is 0.382 e. The molecule has 0 atom stereocenters. The molecule has 1 heterocycles. The first-order valence-electron chi connectivity index (χ1n) is 9.87. The van der Waals surface area contributed by atoms with Crippen molar-refractivity contribution >= 4 is 55.7 Å². The van der Waals surface area contributed by atoms with Crippen LogP contribution in [0.4, 0.5) is 10.1 Å². The van der Waals surface area contributed by atoms with Crippen LogP contribution in [0.1, 0.15) is 16.8 Å². The van der Waals surface area contributed by atoms with E-state index in [2.05, 4.69) is 15.0 Å². The monoisotopic (exact) mass is 517 g/mol. The lowest BCUT2D eigenvalue weighted by Gasteiger charge is -2.12. The van der Waals surface area contributed by atoms with Gasteiger partial charge in [0.2, 0.25) is 0 Å². The lowest BCUT2D eigenvalue weighted by atomic mass is 10.2. The van der Waals surface area contributed by atoms with Gasteiger partial charge in [0.15, 0.2) is 5.82 Å². The average Bonchev–Trinajstić information content (AvgIpc) is 3.17. The van der Waals surface area contributed by atoms with Gasteiger partial charge in [-0.3, -0.25) is 9.52 Å². The Morgan fingerprint density at radius 2 is 1.91 bits per heavy atom. The average molecular weight is 518 g/mol. The van der Waals surface area contributed by atoms with E-state index in [4.69, 9.17) is 32.7 Å². The van der Waals surface area contributed by atoms with E-state index in [9.17, 15) is 13.2 Å². The second-order valence-corrected chi connectivity index (χ2v) is 9.38. The van der Waals surface area contributed by atoms with Gasteiger partial charge in [-0.1, -0.05) is 29.3 Å². The minimum absolute atomic E-state index is 0.129. The summed E-state index contributed by atoms with van der Waals surface area (Å²) in [6.45, 7) is 1.52. The maximum Gasteiger partial charge on any atom is 0.264 e. The molecule has 0 saturated heterocycles. The Balaban J connectivity index is 1.74. The number of aromatic amines is 1. The molecule has 12 heteroatoms. The normalized spacial score (nSPS) is 11.6. The van der Waals surface area contributed by atoms with Crippen LogP contribution < -0.4 is 10.0 Å². The van der Waals surface area contributed by atoms with Crippen molar-refractivity contribution in [3.63, 3.8) is 0 Å². The lowest BCUT2D eigenvalue weighted by molar-refractivity contribution is 0.0688. The molecule has 0 fully saturated rings. The van der Waals surface area contributed by atoms with E-state index in [1.54, 1.807) is 7.11 Å². The van der Waals surface area contributed by atoms with Crippen molar-refractivity contribution < 1.29 is 27.1 Å². The summed E-state index contributed by atoms with van der Waals surface area (Å²) in [6, 6.07) is 6.49. The number of aromatic nitrogens is 1. The van der Waals surface area contributed by atoms with E-state index in [0.717, 1.165) is 6.07 Å². The topological polar surface area (TPSA) is 110 Å². The molecule has 3 rings (SSSR count). The fourth-order valence-corrected chi connectivity index (χ4v) is 4.79. The first-order chi connectivity index (χ1) is 15.8. The second-order valence-electron chi connectivity index (χ2n) is 6.92. The maximum atomic E-state index is 15.0. The van der Waals surface area contributed by atoms with Crippen LogP contribution in [-0.4, -0.2) is 52.8 Å². The highest BCUT2D eigenvalue weighted by Gasteiger charge is 2.25. The summed E-state index contributed by atoms with van der Waals surface area (Å²) < 4.78 is 53.4. The molecule has 0 bridgehead atoms. The molecule has 0 aliphatic heterocycles. The number of hydrogen-bond acceptors (Lipinski definition) is 5. The predicted molar refractivity (Wildman–Crippen MR) is 125 cm³/mol. The van der Waals surface area contributed by atoms with Gasteiger partial charge in [-0.15, -0.1) is 0 Å². The molecule has 0 aliphatic rings. The quantitative estimate of drug-likeness (QED) is 0.330. The zero-order valence-electron chi connectivity index (χ0n) is 17.6. The van der Waals surface area contributed by atoms with Crippen LogP contribution in [-0.2, 0) is 19.5 Å². The Kier molecular flexibility index (Phi) is 8.55. The number of methoxy groups -OCH3 is 1. The number of ether oxygens (including phenoxy) is 2. The molecular formula is C21H22Cl2FN3O5S. The summed E-state index contributed by atoms with van der Waals surface area (Å²) in [7, 11) is -2.81. The molecule has 1 aromatic heterocycles. The third-order valence-electron chi connectivity index (χ3n) is 4.66. The molecular weight excluding hydrogens is 496 g/mol. The number of nitrogens with one attached hydrogen (secondary N) is 3. The van der Waals surface area contributed by atoms with Crippen molar-refractivity contribution in [3.8, 4) is 0 Å². The van der Waals surface area contributed by atoms with Crippen LogP contribution in [0.25, 0.3) is 10.9 Å². The van der Waals surface area contributed by atoms with Crippen molar-refractivity contribution in [2.75, 3.05) is 38.2 Å². The number of benzene rings is 2. The third-order valence-corrected chi connectivity index (χ3v) is 6.66. The highest BCUT2D eigenvalue weighted by molar-refractivity contribution is 7.92.